The number of rotatable bonds is 0. The molecule has 2 rings (SSSR count). The minimum absolute atomic E-state index is 0.237. The lowest BCUT2D eigenvalue weighted by molar-refractivity contribution is 0.382. The Morgan fingerprint density at radius 1 is 1.31 bits per heavy atom. The molecule has 1 aliphatic carbocycles. The van der Waals surface area contributed by atoms with Crippen LogP contribution in [0.25, 0.3) is 0 Å². The Morgan fingerprint density at radius 2 is 2.08 bits per heavy atom. The number of fused-ring (bicyclic) bond motifs is 1. The van der Waals surface area contributed by atoms with E-state index < -0.39 is 5.66 Å². The Balaban J connectivity index is 2.55. The van der Waals surface area contributed by atoms with Crippen LogP contribution in [0.2, 0.25) is 0 Å². The van der Waals surface area contributed by atoms with Gasteiger partial charge in [0, 0.05) is 0 Å². The third-order valence-electron chi connectivity index (χ3n) is 2.63. The van der Waals surface area contributed by atoms with Gasteiger partial charge in [0.25, 0.3) is 0 Å². The van der Waals surface area contributed by atoms with Gasteiger partial charge in [-0.25, -0.2) is 0 Å². The van der Waals surface area contributed by atoms with Crippen molar-refractivity contribution in [2.75, 3.05) is 0 Å². The highest BCUT2D eigenvalue weighted by atomic mass is 16.3. The van der Waals surface area contributed by atoms with E-state index in [1.54, 1.807) is 12.1 Å². The van der Waals surface area contributed by atoms with Crippen molar-refractivity contribution in [2.45, 2.75) is 24.9 Å². The van der Waals surface area contributed by atoms with Gasteiger partial charge in [0.15, 0.2) is 0 Å². The average Bonchev–Trinajstić information content (AvgIpc) is 2.06. The topological polar surface area (TPSA) is 72.3 Å². The Bertz CT molecular complexity index is 334. The van der Waals surface area contributed by atoms with Gasteiger partial charge in [0.05, 0.1) is 5.66 Å². The van der Waals surface area contributed by atoms with Crippen LogP contribution in [-0.2, 0) is 12.1 Å². The minimum atomic E-state index is -0.758. The maximum absolute atomic E-state index is 9.31. The van der Waals surface area contributed by atoms with Gasteiger partial charge in [-0.1, -0.05) is 6.07 Å². The molecule has 70 valence electrons. The van der Waals surface area contributed by atoms with Crippen LogP contribution in [0.1, 0.15) is 24.0 Å². The Kier molecular flexibility index (Phi) is 1.78. The molecular weight excluding hydrogens is 164 g/mol. The van der Waals surface area contributed by atoms with Crippen molar-refractivity contribution < 1.29 is 5.11 Å². The first-order valence-corrected chi connectivity index (χ1v) is 4.50. The van der Waals surface area contributed by atoms with Crippen molar-refractivity contribution in [3.05, 3.63) is 29.3 Å². The molecule has 0 aliphatic heterocycles. The van der Waals surface area contributed by atoms with E-state index in [1.165, 1.54) is 0 Å². The summed E-state index contributed by atoms with van der Waals surface area (Å²) in [5.74, 6) is 0.237. The second-order valence-corrected chi connectivity index (χ2v) is 3.74. The van der Waals surface area contributed by atoms with E-state index in [1.807, 2.05) is 6.07 Å². The van der Waals surface area contributed by atoms with Crippen molar-refractivity contribution in [1.29, 1.82) is 0 Å². The summed E-state index contributed by atoms with van der Waals surface area (Å²) in [6, 6.07) is 5.26. The lowest BCUT2D eigenvalue weighted by Gasteiger charge is -2.31. The van der Waals surface area contributed by atoms with Crippen LogP contribution in [0.5, 0.6) is 5.75 Å². The van der Waals surface area contributed by atoms with Crippen LogP contribution in [0.4, 0.5) is 0 Å². The van der Waals surface area contributed by atoms with E-state index in [-0.39, 0.29) is 5.75 Å². The molecule has 0 atom stereocenters. The first kappa shape index (κ1) is 8.53. The molecule has 0 saturated carbocycles. The van der Waals surface area contributed by atoms with Crippen molar-refractivity contribution in [2.24, 2.45) is 11.5 Å². The molecule has 0 radical (unpaired) electrons. The Labute approximate surface area is 77.4 Å². The second-order valence-electron chi connectivity index (χ2n) is 3.74. The maximum atomic E-state index is 9.31. The van der Waals surface area contributed by atoms with Gasteiger partial charge in [-0.3, -0.25) is 0 Å². The first-order valence-electron chi connectivity index (χ1n) is 4.50. The molecule has 3 heteroatoms. The van der Waals surface area contributed by atoms with Crippen LogP contribution in [0.15, 0.2) is 18.2 Å². The molecule has 0 bridgehead atoms. The van der Waals surface area contributed by atoms with Crippen molar-refractivity contribution in [3.8, 4) is 5.75 Å². The summed E-state index contributed by atoms with van der Waals surface area (Å²) in [5, 5.41) is 9.31. The normalized spacial score (nSPS) is 19.5. The smallest absolute Gasteiger partial charge is 0.115 e. The van der Waals surface area contributed by atoms with E-state index in [0.29, 0.717) is 0 Å². The van der Waals surface area contributed by atoms with Gasteiger partial charge < -0.3 is 16.6 Å². The number of benzene rings is 1. The molecule has 3 nitrogen and oxygen atoms in total. The van der Waals surface area contributed by atoms with E-state index in [2.05, 4.69) is 0 Å². The SMILES string of the molecule is NC1(N)CCCc2ccc(O)cc21. The molecule has 0 heterocycles. The predicted octanol–water partition coefficient (Wildman–Crippen LogP) is 0.799. The van der Waals surface area contributed by atoms with E-state index in [0.717, 1.165) is 30.4 Å². The zero-order chi connectivity index (χ0) is 9.47. The third kappa shape index (κ3) is 1.41. The van der Waals surface area contributed by atoms with Crippen LogP contribution < -0.4 is 11.5 Å². The van der Waals surface area contributed by atoms with E-state index in [9.17, 15) is 5.11 Å². The maximum Gasteiger partial charge on any atom is 0.115 e. The summed E-state index contributed by atoms with van der Waals surface area (Å²) in [6.45, 7) is 0. The van der Waals surface area contributed by atoms with Crippen LogP contribution >= 0.6 is 0 Å². The minimum Gasteiger partial charge on any atom is -0.508 e. The highest BCUT2D eigenvalue weighted by Gasteiger charge is 2.28. The van der Waals surface area contributed by atoms with Gasteiger partial charge in [0.2, 0.25) is 0 Å². The molecule has 1 aliphatic rings. The molecule has 0 spiro atoms. The van der Waals surface area contributed by atoms with E-state index in [4.69, 9.17) is 11.5 Å². The predicted molar refractivity (Wildman–Crippen MR) is 51.1 cm³/mol. The lowest BCUT2D eigenvalue weighted by atomic mass is 9.83. The highest BCUT2D eigenvalue weighted by molar-refractivity contribution is 5.40. The van der Waals surface area contributed by atoms with Crippen molar-refractivity contribution in [3.63, 3.8) is 0 Å². The van der Waals surface area contributed by atoms with Crippen molar-refractivity contribution >= 4 is 0 Å². The largest absolute Gasteiger partial charge is 0.508 e. The first-order chi connectivity index (χ1) is 6.09. The lowest BCUT2D eigenvalue weighted by Crippen LogP contribution is -2.48. The average molecular weight is 178 g/mol. The Hall–Kier alpha value is -1.06. The van der Waals surface area contributed by atoms with Gasteiger partial charge in [-0.2, -0.15) is 0 Å². The number of aryl methyl sites for hydroxylation is 1. The van der Waals surface area contributed by atoms with Crippen LogP contribution in [-0.4, -0.2) is 5.11 Å². The standard InChI is InChI=1S/C10H14N2O/c11-10(12)5-1-2-7-3-4-8(13)6-9(7)10/h3-4,6,13H,1-2,5,11-12H2. The fraction of sp³-hybridized carbons (Fsp3) is 0.400. The van der Waals surface area contributed by atoms with Gasteiger partial charge >= 0.3 is 0 Å². The second kappa shape index (κ2) is 2.72. The zero-order valence-corrected chi connectivity index (χ0v) is 7.46. The fourth-order valence-electron chi connectivity index (χ4n) is 1.92. The fourth-order valence-corrected chi connectivity index (χ4v) is 1.92. The quantitative estimate of drug-likeness (QED) is 0.514. The molecular formula is C10H14N2O. The molecule has 0 unspecified atom stereocenters. The molecule has 0 aromatic heterocycles. The molecule has 1 aromatic carbocycles. The number of hydrogen-bond acceptors (Lipinski definition) is 3. The molecule has 5 N–H and O–H groups in total. The van der Waals surface area contributed by atoms with Gasteiger partial charge in [-0.15, -0.1) is 0 Å². The van der Waals surface area contributed by atoms with Crippen LogP contribution in [0, 0.1) is 0 Å². The molecule has 0 fully saturated rings. The molecule has 0 saturated heterocycles. The number of aromatic hydroxyl groups is 1. The number of nitrogens with two attached hydrogens (primary N) is 2. The Morgan fingerprint density at radius 3 is 2.85 bits per heavy atom. The number of phenolic OH excluding ortho intramolecular Hbond substituents is 1. The third-order valence-corrected chi connectivity index (χ3v) is 2.63. The summed E-state index contributed by atoms with van der Waals surface area (Å²) in [7, 11) is 0. The summed E-state index contributed by atoms with van der Waals surface area (Å²) < 4.78 is 0. The summed E-state index contributed by atoms with van der Waals surface area (Å²) in [4.78, 5) is 0. The highest BCUT2D eigenvalue weighted by Crippen LogP contribution is 2.31. The number of hydrogen-bond donors (Lipinski definition) is 3. The van der Waals surface area contributed by atoms with Gasteiger partial charge in [-0.05, 0) is 42.5 Å². The number of phenols is 1. The molecule has 1 aromatic rings. The zero-order valence-electron chi connectivity index (χ0n) is 7.46. The summed E-state index contributed by atoms with van der Waals surface area (Å²) in [6.07, 6.45) is 2.81. The van der Waals surface area contributed by atoms with Crippen molar-refractivity contribution in [1.82, 2.24) is 0 Å². The van der Waals surface area contributed by atoms with Crippen LogP contribution in [0.3, 0.4) is 0 Å². The summed E-state index contributed by atoms with van der Waals surface area (Å²) >= 11 is 0. The summed E-state index contributed by atoms with van der Waals surface area (Å²) in [5.41, 5.74) is 13.1. The van der Waals surface area contributed by atoms with E-state index >= 15 is 0 Å². The van der Waals surface area contributed by atoms with Gasteiger partial charge in [0.1, 0.15) is 5.75 Å². The molecule has 0 amide bonds. The molecule has 13 heavy (non-hydrogen) atoms. The monoisotopic (exact) mass is 178 g/mol.